The van der Waals surface area contributed by atoms with E-state index in [9.17, 15) is 0 Å². The Morgan fingerprint density at radius 2 is 1.81 bits per heavy atom. The van der Waals surface area contributed by atoms with Gasteiger partial charge < -0.3 is 9.47 Å². The molecule has 1 heterocycles. The predicted molar refractivity (Wildman–Crippen MR) is 86.1 cm³/mol. The number of ether oxygens (including phenoxy) is 2. The van der Waals surface area contributed by atoms with Gasteiger partial charge in [0.15, 0.2) is 0 Å². The van der Waals surface area contributed by atoms with Crippen molar-refractivity contribution in [3.8, 4) is 11.8 Å². The van der Waals surface area contributed by atoms with Crippen molar-refractivity contribution in [3.63, 3.8) is 0 Å². The number of hydrogen-bond acceptors (Lipinski definition) is 6. The summed E-state index contributed by atoms with van der Waals surface area (Å²) in [6.07, 6.45) is 1.52. The second-order valence-corrected chi connectivity index (χ2v) is 5.94. The van der Waals surface area contributed by atoms with Gasteiger partial charge in [0.1, 0.15) is 5.69 Å². The van der Waals surface area contributed by atoms with Crippen LogP contribution in [0.25, 0.3) is 0 Å². The van der Waals surface area contributed by atoms with E-state index in [4.69, 9.17) is 15.3 Å². The molecular weight excluding hydrogens is 404 g/mol. The summed E-state index contributed by atoms with van der Waals surface area (Å²) in [6, 6.07) is 5.46. The fraction of sp³-hybridized carbons (Fsp3) is 0.231. The molecule has 0 aliphatic carbocycles. The van der Waals surface area contributed by atoms with Crippen LogP contribution in [0.5, 0.6) is 11.8 Å². The number of nitrogens with one attached hydrogen (secondary N) is 1. The van der Waals surface area contributed by atoms with Gasteiger partial charge in [0.2, 0.25) is 11.8 Å². The van der Waals surface area contributed by atoms with Crippen LogP contribution in [0.15, 0.2) is 33.3 Å². The van der Waals surface area contributed by atoms with Crippen LogP contribution in [0.4, 0.5) is 0 Å². The van der Waals surface area contributed by atoms with E-state index in [0.29, 0.717) is 17.5 Å². The lowest BCUT2D eigenvalue weighted by Gasteiger charge is -2.18. The van der Waals surface area contributed by atoms with E-state index in [1.54, 1.807) is 0 Å². The molecule has 2 rings (SSSR count). The van der Waals surface area contributed by atoms with Crippen molar-refractivity contribution in [1.82, 2.24) is 15.4 Å². The standard InChI is InChI=1S/C13H14Br2N4O2/c1-20-10-6-17-12(13(18-10)21-2)11(19-16)7-3-8(14)5-9(15)4-7/h3-6,11,19H,16H2,1-2H3. The highest BCUT2D eigenvalue weighted by molar-refractivity contribution is 9.11. The molecule has 0 radical (unpaired) electrons. The minimum Gasteiger partial charge on any atom is -0.480 e. The highest BCUT2D eigenvalue weighted by atomic mass is 79.9. The Kier molecular flexibility index (Phi) is 5.51. The Hall–Kier alpha value is -1.22. The van der Waals surface area contributed by atoms with Crippen LogP contribution in [0.1, 0.15) is 17.3 Å². The van der Waals surface area contributed by atoms with Gasteiger partial charge in [0.05, 0.1) is 26.5 Å². The number of nitrogens with zero attached hydrogens (tertiary/aromatic N) is 2. The third kappa shape index (κ3) is 3.70. The van der Waals surface area contributed by atoms with E-state index in [-0.39, 0.29) is 6.04 Å². The molecule has 1 aromatic heterocycles. The van der Waals surface area contributed by atoms with Gasteiger partial charge in [-0.1, -0.05) is 31.9 Å². The Labute approximate surface area is 139 Å². The van der Waals surface area contributed by atoms with Crippen molar-refractivity contribution in [3.05, 3.63) is 44.6 Å². The molecule has 6 nitrogen and oxygen atoms in total. The summed E-state index contributed by atoms with van der Waals surface area (Å²) in [5.41, 5.74) is 4.22. The summed E-state index contributed by atoms with van der Waals surface area (Å²) in [5.74, 6) is 6.43. The highest BCUT2D eigenvalue weighted by Crippen LogP contribution is 2.31. The highest BCUT2D eigenvalue weighted by Gasteiger charge is 2.21. The van der Waals surface area contributed by atoms with Gasteiger partial charge in [-0.2, -0.15) is 4.98 Å². The number of hydrogen-bond donors (Lipinski definition) is 2. The molecule has 0 aliphatic rings. The average molecular weight is 418 g/mol. The molecule has 2 aromatic rings. The summed E-state index contributed by atoms with van der Waals surface area (Å²) in [7, 11) is 3.05. The van der Waals surface area contributed by atoms with Crippen molar-refractivity contribution < 1.29 is 9.47 Å². The Morgan fingerprint density at radius 3 is 2.33 bits per heavy atom. The van der Waals surface area contributed by atoms with Crippen LogP contribution < -0.4 is 20.7 Å². The van der Waals surface area contributed by atoms with Crippen LogP contribution in [0.3, 0.4) is 0 Å². The Balaban J connectivity index is 2.50. The molecule has 1 atom stereocenters. The first-order valence-electron chi connectivity index (χ1n) is 5.96. The van der Waals surface area contributed by atoms with E-state index < -0.39 is 0 Å². The van der Waals surface area contributed by atoms with Crippen LogP contribution in [-0.2, 0) is 0 Å². The maximum atomic E-state index is 5.70. The zero-order valence-corrected chi connectivity index (χ0v) is 14.6. The quantitative estimate of drug-likeness (QED) is 0.574. The summed E-state index contributed by atoms with van der Waals surface area (Å²) in [5, 5.41) is 0. The zero-order valence-electron chi connectivity index (χ0n) is 11.4. The second kappa shape index (κ2) is 7.17. The van der Waals surface area contributed by atoms with Gasteiger partial charge >= 0.3 is 0 Å². The third-order valence-electron chi connectivity index (χ3n) is 2.81. The van der Waals surface area contributed by atoms with E-state index in [0.717, 1.165) is 14.5 Å². The Morgan fingerprint density at radius 1 is 1.14 bits per heavy atom. The molecule has 3 N–H and O–H groups in total. The predicted octanol–water partition coefficient (Wildman–Crippen LogP) is 2.57. The minimum absolute atomic E-state index is 0.355. The number of methoxy groups -OCH3 is 2. The van der Waals surface area contributed by atoms with Gasteiger partial charge in [0.25, 0.3) is 0 Å². The number of hydrazine groups is 1. The normalized spacial score (nSPS) is 12.0. The number of aromatic nitrogens is 2. The second-order valence-electron chi connectivity index (χ2n) is 4.11. The summed E-state index contributed by atoms with van der Waals surface area (Å²) < 4.78 is 12.2. The number of nitrogens with two attached hydrogens (primary N) is 1. The van der Waals surface area contributed by atoms with Crippen molar-refractivity contribution in [2.24, 2.45) is 5.84 Å². The third-order valence-corrected chi connectivity index (χ3v) is 3.72. The number of benzene rings is 1. The molecule has 21 heavy (non-hydrogen) atoms. The molecule has 1 aromatic carbocycles. The largest absolute Gasteiger partial charge is 0.480 e. The van der Waals surface area contributed by atoms with Gasteiger partial charge in [0, 0.05) is 8.95 Å². The molecule has 0 fully saturated rings. The van der Waals surface area contributed by atoms with Gasteiger partial charge in [-0.15, -0.1) is 0 Å². The van der Waals surface area contributed by atoms with Crippen LogP contribution in [0, 0.1) is 0 Å². The summed E-state index contributed by atoms with van der Waals surface area (Å²) in [4.78, 5) is 8.56. The molecular formula is C13H14Br2N4O2. The van der Waals surface area contributed by atoms with E-state index in [2.05, 4.69) is 47.3 Å². The van der Waals surface area contributed by atoms with Crippen molar-refractivity contribution >= 4 is 31.9 Å². The first kappa shape index (κ1) is 16.2. The summed E-state index contributed by atoms with van der Waals surface area (Å²) >= 11 is 6.91. The van der Waals surface area contributed by atoms with E-state index in [1.807, 2.05) is 18.2 Å². The molecule has 0 saturated heterocycles. The maximum absolute atomic E-state index is 5.70. The lowest BCUT2D eigenvalue weighted by molar-refractivity contribution is 0.352. The van der Waals surface area contributed by atoms with Gasteiger partial charge in [-0.3, -0.25) is 5.84 Å². The monoisotopic (exact) mass is 416 g/mol. The number of rotatable bonds is 5. The van der Waals surface area contributed by atoms with E-state index in [1.165, 1.54) is 20.4 Å². The van der Waals surface area contributed by atoms with E-state index >= 15 is 0 Å². The lowest BCUT2D eigenvalue weighted by atomic mass is 10.0. The molecule has 0 amide bonds. The topological polar surface area (TPSA) is 82.3 Å². The van der Waals surface area contributed by atoms with Crippen molar-refractivity contribution in [2.45, 2.75) is 6.04 Å². The first-order valence-corrected chi connectivity index (χ1v) is 7.54. The Bertz CT molecular complexity index is 619. The van der Waals surface area contributed by atoms with Crippen molar-refractivity contribution in [1.29, 1.82) is 0 Å². The zero-order chi connectivity index (χ0) is 15.4. The van der Waals surface area contributed by atoms with Crippen LogP contribution in [-0.4, -0.2) is 24.2 Å². The smallest absolute Gasteiger partial charge is 0.240 e. The SMILES string of the molecule is COc1cnc(C(NN)c2cc(Br)cc(Br)c2)c(OC)n1. The molecule has 112 valence electrons. The molecule has 0 aliphatic heterocycles. The van der Waals surface area contributed by atoms with Crippen molar-refractivity contribution in [2.75, 3.05) is 14.2 Å². The van der Waals surface area contributed by atoms with Crippen LogP contribution in [0.2, 0.25) is 0 Å². The van der Waals surface area contributed by atoms with Gasteiger partial charge in [-0.25, -0.2) is 10.4 Å². The lowest BCUT2D eigenvalue weighted by Crippen LogP contribution is -2.30. The minimum atomic E-state index is -0.368. The molecule has 0 spiro atoms. The van der Waals surface area contributed by atoms with Gasteiger partial charge in [-0.05, 0) is 23.8 Å². The molecule has 1 unspecified atom stereocenters. The molecule has 0 saturated carbocycles. The maximum Gasteiger partial charge on any atom is 0.240 e. The fourth-order valence-electron chi connectivity index (χ4n) is 1.89. The fourth-order valence-corrected chi connectivity index (χ4v) is 3.22. The molecule has 8 heteroatoms. The molecule has 0 bridgehead atoms. The average Bonchev–Trinajstić information content (AvgIpc) is 2.47. The number of halogens is 2. The summed E-state index contributed by atoms with van der Waals surface area (Å²) in [6.45, 7) is 0. The first-order chi connectivity index (χ1) is 10.1. The van der Waals surface area contributed by atoms with Crippen LogP contribution >= 0.6 is 31.9 Å².